The molecule has 1 aromatic carbocycles. The number of aromatic amines is 1. The molecular formula is C10H8N4O. The third-order valence-corrected chi connectivity index (χ3v) is 2.38. The molecule has 5 nitrogen and oxygen atoms in total. The van der Waals surface area contributed by atoms with Crippen molar-refractivity contribution in [2.75, 3.05) is 5.32 Å². The van der Waals surface area contributed by atoms with Crippen LogP contribution in [0.2, 0.25) is 0 Å². The van der Waals surface area contributed by atoms with E-state index >= 15 is 0 Å². The molecule has 0 saturated carbocycles. The van der Waals surface area contributed by atoms with E-state index in [1.54, 1.807) is 6.07 Å². The highest BCUT2D eigenvalue weighted by Gasteiger charge is 2.14. The average Bonchev–Trinajstić information content (AvgIpc) is 2.23. The van der Waals surface area contributed by atoms with Gasteiger partial charge in [-0.05, 0) is 19.1 Å². The fraction of sp³-hybridized carbons (Fsp3) is 0.100. The van der Waals surface area contributed by atoms with Gasteiger partial charge in [-0.1, -0.05) is 6.07 Å². The van der Waals surface area contributed by atoms with E-state index < -0.39 is 0 Å². The van der Waals surface area contributed by atoms with Gasteiger partial charge in [0.15, 0.2) is 5.82 Å². The van der Waals surface area contributed by atoms with Crippen molar-refractivity contribution in [1.82, 2.24) is 10.2 Å². The van der Waals surface area contributed by atoms with Crippen LogP contribution in [0.4, 0.5) is 11.5 Å². The molecular weight excluding hydrogens is 192 g/mol. The lowest BCUT2D eigenvalue weighted by Crippen LogP contribution is -2.17. The Bertz CT molecular complexity index is 641. The number of rotatable bonds is 0. The standard InChI is InChI=1S/C10H8N4O/c1-5-11-7-4-2-3-6-8(7)9(12-5)13-14-10(6)15/h2-4H,1H3,(H,14,15)(H,11,12,13). The van der Waals surface area contributed by atoms with E-state index in [9.17, 15) is 4.79 Å². The fourth-order valence-corrected chi connectivity index (χ4v) is 1.76. The number of anilines is 1. The van der Waals surface area contributed by atoms with Gasteiger partial charge in [0.05, 0.1) is 16.5 Å². The maximum atomic E-state index is 11.5. The molecule has 0 amide bonds. The normalized spacial score (nSPS) is 13.5. The van der Waals surface area contributed by atoms with Crippen LogP contribution in [-0.2, 0) is 0 Å². The number of aromatic nitrogens is 2. The molecule has 2 heterocycles. The predicted molar refractivity (Wildman–Crippen MR) is 58.8 cm³/mol. The van der Waals surface area contributed by atoms with Crippen LogP contribution in [0.1, 0.15) is 6.92 Å². The van der Waals surface area contributed by atoms with Crippen LogP contribution in [0.15, 0.2) is 28.0 Å². The number of amidine groups is 1. The number of nitrogens with zero attached hydrogens (tertiary/aromatic N) is 2. The molecule has 0 saturated heterocycles. The first kappa shape index (κ1) is 8.16. The van der Waals surface area contributed by atoms with Gasteiger partial charge < -0.3 is 5.32 Å². The third kappa shape index (κ3) is 1.06. The van der Waals surface area contributed by atoms with Gasteiger partial charge in [0.1, 0.15) is 5.84 Å². The fourth-order valence-electron chi connectivity index (χ4n) is 1.76. The second-order valence-corrected chi connectivity index (χ2v) is 3.42. The second kappa shape index (κ2) is 2.66. The van der Waals surface area contributed by atoms with Crippen molar-refractivity contribution in [3.05, 3.63) is 28.6 Å². The predicted octanol–water partition coefficient (Wildman–Crippen LogP) is 1.40. The lowest BCUT2D eigenvalue weighted by atomic mass is 10.1. The molecule has 0 fully saturated rings. The first-order valence-electron chi connectivity index (χ1n) is 4.59. The van der Waals surface area contributed by atoms with Crippen molar-refractivity contribution in [3.63, 3.8) is 0 Å². The Morgan fingerprint density at radius 1 is 1.33 bits per heavy atom. The summed E-state index contributed by atoms with van der Waals surface area (Å²) in [6, 6.07) is 5.46. The van der Waals surface area contributed by atoms with Gasteiger partial charge >= 0.3 is 0 Å². The average molecular weight is 200 g/mol. The van der Waals surface area contributed by atoms with E-state index in [1.807, 2.05) is 19.1 Å². The molecule has 1 aliphatic rings. The van der Waals surface area contributed by atoms with Crippen molar-refractivity contribution in [1.29, 1.82) is 0 Å². The Kier molecular flexibility index (Phi) is 1.45. The van der Waals surface area contributed by atoms with Gasteiger partial charge in [-0.3, -0.25) is 4.79 Å². The summed E-state index contributed by atoms with van der Waals surface area (Å²) in [6.45, 7) is 1.86. The van der Waals surface area contributed by atoms with E-state index in [2.05, 4.69) is 20.5 Å². The lowest BCUT2D eigenvalue weighted by Gasteiger charge is -2.14. The smallest absolute Gasteiger partial charge is 0.272 e. The van der Waals surface area contributed by atoms with E-state index in [4.69, 9.17) is 0 Å². The molecule has 3 rings (SSSR count). The Balaban J connectivity index is 2.57. The van der Waals surface area contributed by atoms with Gasteiger partial charge in [-0.15, -0.1) is 0 Å². The topological polar surface area (TPSA) is 70.1 Å². The molecule has 0 aliphatic carbocycles. The Labute approximate surface area is 84.9 Å². The Morgan fingerprint density at radius 2 is 2.20 bits per heavy atom. The van der Waals surface area contributed by atoms with Crippen molar-refractivity contribution < 1.29 is 0 Å². The summed E-state index contributed by atoms with van der Waals surface area (Å²) in [4.78, 5) is 15.8. The molecule has 74 valence electrons. The highest BCUT2D eigenvalue weighted by molar-refractivity contribution is 6.11. The number of hydrogen-bond acceptors (Lipinski definition) is 4. The maximum Gasteiger partial charge on any atom is 0.272 e. The molecule has 0 radical (unpaired) electrons. The molecule has 2 N–H and O–H groups in total. The number of H-pyrrole nitrogens is 1. The first-order chi connectivity index (χ1) is 7.25. The molecule has 2 aromatic rings. The van der Waals surface area contributed by atoms with E-state index in [-0.39, 0.29) is 5.56 Å². The second-order valence-electron chi connectivity index (χ2n) is 3.42. The largest absolute Gasteiger partial charge is 0.327 e. The Hall–Kier alpha value is -2.17. The highest BCUT2D eigenvalue weighted by atomic mass is 16.1. The highest BCUT2D eigenvalue weighted by Crippen LogP contribution is 2.31. The van der Waals surface area contributed by atoms with Gasteiger partial charge in [-0.2, -0.15) is 5.10 Å². The van der Waals surface area contributed by atoms with E-state index in [1.165, 1.54) is 0 Å². The van der Waals surface area contributed by atoms with Crippen LogP contribution in [0.5, 0.6) is 0 Å². The third-order valence-electron chi connectivity index (χ3n) is 2.38. The number of nitrogens with one attached hydrogen (secondary N) is 2. The summed E-state index contributed by atoms with van der Waals surface area (Å²) in [6.07, 6.45) is 0. The minimum Gasteiger partial charge on any atom is -0.327 e. The van der Waals surface area contributed by atoms with Gasteiger partial charge in [0.2, 0.25) is 0 Å². The Morgan fingerprint density at radius 3 is 3.07 bits per heavy atom. The number of aliphatic imine (C=N–C) groups is 1. The summed E-state index contributed by atoms with van der Waals surface area (Å²) in [7, 11) is 0. The molecule has 1 aliphatic heterocycles. The molecule has 0 bridgehead atoms. The molecule has 0 unspecified atom stereocenters. The zero-order chi connectivity index (χ0) is 10.4. The van der Waals surface area contributed by atoms with Crippen molar-refractivity contribution in [2.45, 2.75) is 6.92 Å². The summed E-state index contributed by atoms with van der Waals surface area (Å²) in [5.41, 5.74) is 0.601. The summed E-state index contributed by atoms with van der Waals surface area (Å²) >= 11 is 0. The first-order valence-corrected chi connectivity index (χ1v) is 4.59. The van der Waals surface area contributed by atoms with Crippen LogP contribution in [0.25, 0.3) is 10.8 Å². The van der Waals surface area contributed by atoms with E-state index in [0.29, 0.717) is 11.2 Å². The van der Waals surface area contributed by atoms with Gasteiger partial charge in [0, 0.05) is 0 Å². The summed E-state index contributed by atoms with van der Waals surface area (Å²) < 4.78 is 0. The monoisotopic (exact) mass is 200 g/mol. The summed E-state index contributed by atoms with van der Waals surface area (Å²) in [5, 5.41) is 10.8. The lowest BCUT2D eigenvalue weighted by molar-refractivity contribution is 1.01. The SMILES string of the molecule is CC1=Nc2cccc3c(=O)[nH]nc(c23)N1. The minimum absolute atomic E-state index is 0.188. The van der Waals surface area contributed by atoms with Crippen molar-refractivity contribution in [3.8, 4) is 0 Å². The minimum atomic E-state index is -0.188. The maximum absolute atomic E-state index is 11.5. The molecule has 0 atom stereocenters. The van der Waals surface area contributed by atoms with Crippen LogP contribution in [0, 0.1) is 0 Å². The van der Waals surface area contributed by atoms with Crippen LogP contribution >= 0.6 is 0 Å². The zero-order valence-corrected chi connectivity index (χ0v) is 8.03. The summed E-state index contributed by atoms with van der Waals surface area (Å²) in [5.74, 6) is 1.43. The van der Waals surface area contributed by atoms with Gasteiger partial charge in [0.25, 0.3) is 5.56 Å². The zero-order valence-electron chi connectivity index (χ0n) is 8.03. The molecule has 15 heavy (non-hydrogen) atoms. The number of benzene rings is 1. The molecule has 5 heteroatoms. The van der Waals surface area contributed by atoms with Crippen LogP contribution in [0.3, 0.4) is 0 Å². The van der Waals surface area contributed by atoms with Crippen LogP contribution < -0.4 is 10.9 Å². The quantitative estimate of drug-likeness (QED) is 0.675. The molecule has 0 spiro atoms. The van der Waals surface area contributed by atoms with Crippen molar-refractivity contribution >= 4 is 28.1 Å². The van der Waals surface area contributed by atoms with Crippen molar-refractivity contribution in [2.24, 2.45) is 4.99 Å². The van der Waals surface area contributed by atoms with E-state index in [0.717, 1.165) is 16.9 Å². The molecule has 1 aromatic heterocycles. The van der Waals surface area contributed by atoms with Gasteiger partial charge in [-0.25, -0.2) is 10.1 Å². The number of hydrogen-bond donors (Lipinski definition) is 2. The van der Waals surface area contributed by atoms with Crippen LogP contribution in [-0.4, -0.2) is 16.0 Å².